The first-order valence-electron chi connectivity index (χ1n) is 3.98. The Bertz CT molecular complexity index is 384. The van der Waals surface area contributed by atoms with Gasteiger partial charge >= 0.3 is 0 Å². The average molecular weight is 219 g/mol. The van der Waals surface area contributed by atoms with E-state index in [0.29, 0.717) is 10.5 Å². The van der Waals surface area contributed by atoms with E-state index >= 15 is 0 Å². The van der Waals surface area contributed by atoms with Gasteiger partial charge in [0.15, 0.2) is 9.84 Å². The van der Waals surface area contributed by atoms with Crippen molar-refractivity contribution in [3.05, 3.63) is 29.8 Å². The molecule has 0 spiro atoms. The molecule has 0 saturated heterocycles. The van der Waals surface area contributed by atoms with Crippen LogP contribution in [0.3, 0.4) is 0 Å². The lowest BCUT2D eigenvalue weighted by atomic mass is 10.2. The average Bonchev–Trinajstić information content (AvgIpc) is 2.18. The molecule has 0 N–H and O–H groups in total. The van der Waals surface area contributed by atoms with Crippen LogP contribution in [0.2, 0.25) is 0 Å². The molecule has 0 heterocycles. The Morgan fingerprint density at radius 3 is 2.46 bits per heavy atom. The van der Waals surface area contributed by atoms with E-state index in [4.69, 9.17) is 11.6 Å². The summed E-state index contributed by atoms with van der Waals surface area (Å²) in [7, 11) is -3.13. The number of halogens is 1. The second-order valence-electron chi connectivity index (χ2n) is 2.64. The molecule has 72 valence electrons. The molecule has 0 atom stereocenters. The summed E-state index contributed by atoms with van der Waals surface area (Å²) in [5, 5.41) is 0. The fraction of sp³-hybridized carbons (Fsp3) is 0.333. The lowest BCUT2D eigenvalue weighted by Crippen LogP contribution is -2.06. The molecule has 1 rings (SSSR count). The maximum atomic E-state index is 11.5. The van der Waals surface area contributed by atoms with E-state index < -0.39 is 9.84 Å². The fourth-order valence-electron chi connectivity index (χ4n) is 1.07. The first kappa shape index (κ1) is 10.5. The van der Waals surface area contributed by atoms with Crippen molar-refractivity contribution in [2.24, 2.45) is 0 Å². The van der Waals surface area contributed by atoms with Gasteiger partial charge in [0.25, 0.3) is 0 Å². The van der Waals surface area contributed by atoms with E-state index in [9.17, 15) is 8.42 Å². The van der Waals surface area contributed by atoms with Crippen LogP contribution < -0.4 is 0 Å². The molecule has 0 radical (unpaired) electrons. The predicted molar refractivity (Wildman–Crippen MR) is 53.7 cm³/mol. The molecule has 0 aliphatic carbocycles. The van der Waals surface area contributed by atoms with Gasteiger partial charge in [0.2, 0.25) is 0 Å². The minimum absolute atomic E-state index is 0.112. The summed E-state index contributed by atoms with van der Waals surface area (Å²) >= 11 is 5.63. The monoisotopic (exact) mass is 218 g/mol. The number of sulfone groups is 1. The second kappa shape index (κ2) is 4.11. The normalized spacial score (nSPS) is 11.5. The Morgan fingerprint density at radius 2 is 1.92 bits per heavy atom. The number of hydrogen-bond donors (Lipinski definition) is 0. The van der Waals surface area contributed by atoms with Crippen molar-refractivity contribution < 1.29 is 8.42 Å². The molecular weight excluding hydrogens is 208 g/mol. The smallest absolute Gasteiger partial charge is 0.178 e. The van der Waals surface area contributed by atoms with Gasteiger partial charge in [0.1, 0.15) is 0 Å². The highest BCUT2D eigenvalue weighted by atomic mass is 35.5. The minimum atomic E-state index is -3.13. The molecule has 0 amide bonds. The van der Waals surface area contributed by atoms with Crippen LogP contribution in [0.1, 0.15) is 12.5 Å². The molecule has 1 aromatic carbocycles. The standard InChI is InChI=1S/C9H11ClO2S/c1-2-13(11,12)9-6-4-3-5-8(9)7-10/h3-6H,2,7H2,1H3. The van der Waals surface area contributed by atoms with Crippen molar-refractivity contribution in [2.75, 3.05) is 5.75 Å². The summed E-state index contributed by atoms with van der Waals surface area (Å²) in [6, 6.07) is 6.82. The van der Waals surface area contributed by atoms with Crippen molar-refractivity contribution in [1.29, 1.82) is 0 Å². The molecule has 0 saturated carbocycles. The Hall–Kier alpha value is -0.540. The van der Waals surface area contributed by atoms with E-state index in [1.807, 2.05) is 0 Å². The van der Waals surface area contributed by atoms with Crippen LogP contribution in [0.25, 0.3) is 0 Å². The molecular formula is C9H11ClO2S. The van der Waals surface area contributed by atoms with Gasteiger partial charge in [0, 0.05) is 5.88 Å². The van der Waals surface area contributed by atoms with Gasteiger partial charge in [-0.25, -0.2) is 8.42 Å². The van der Waals surface area contributed by atoms with E-state index in [2.05, 4.69) is 0 Å². The molecule has 0 aliphatic rings. The minimum Gasteiger partial charge on any atom is -0.224 e. The third-order valence-electron chi connectivity index (χ3n) is 1.83. The van der Waals surface area contributed by atoms with Gasteiger partial charge in [-0.15, -0.1) is 11.6 Å². The number of alkyl halides is 1. The van der Waals surface area contributed by atoms with Gasteiger partial charge in [-0.05, 0) is 11.6 Å². The van der Waals surface area contributed by atoms with Crippen molar-refractivity contribution in [1.82, 2.24) is 0 Å². The summed E-state index contributed by atoms with van der Waals surface area (Å²) in [5.41, 5.74) is 0.672. The van der Waals surface area contributed by atoms with E-state index in [-0.39, 0.29) is 11.6 Å². The van der Waals surface area contributed by atoms with Gasteiger partial charge in [-0.2, -0.15) is 0 Å². The zero-order chi connectivity index (χ0) is 9.90. The third-order valence-corrected chi connectivity index (χ3v) is 3.95. The van der Waals surface area contributed by atoms with Crippen molar-refractivity contribution in [3.63, 3.8) is 0 Å². The zero-order valence-corrected chi connectivity index (χ0v) is 8.90. The van der Waals surface area contributed by atoms with E-state index in [1.54, 1.807) is 31.2 Å². The van der Waals surface area contributed by atoms with Crippen LogP contribution in [0, 0.1) is 0 Å². The van der Waals surface area contributed by atoms with Crippen molar-refractivity contribution >= 4 is 21.4 Å². The van der Waals surface area contributed by atoms with Crippen LogP contribution in [0.5, 0.6) is 0 Å². The van der Waals surface area contributed by atoms with Crippen LogP contribution in [0.15, 0.2) is 29.2 Å². The molecule has 0 bridgehead atoms. The van der Waals surface area contributed by atoms with Gasteiger partial charge in [-0.1, -0.05) is 25.1 Å². The van der Waals surface area contributed by atoms with Crippen molar-refractivity contribution in [3.8, 4) is 0 Å². The molecule has 0 fully saturated rings. The summed E-state index contributed by atoms with van der Waals surface area (Å²) in [6.45, 7) is 1.63. The Balaban J connectivity index is 3.29. The summed E-state index contributed by atoms with van der Waals surface area (Å²) in [4.78, 5) is 0.354. The molecule has 0 unspecified atom stereocenters. The van der Waals surface area contributed by atoms with E-state index in [1.165, 1.54) is 0 Å². The molecule has 0 aromatic heterocycles. The largest absolute Gasteiger partial charge is 0.224 e. The Labute approximate surface area is 83.5 Å². The van der Waals surface area contributed by atoms with Gasteiger partial charge in [0.05, 0.1) is 10.6 Å². The predicted octanol–water partition coefficient (Wildman–Crippen LogP) is 2.22. The maximum absolute atomic E-state index is 11.5. The fourth-order valence-corrected chi connectivity index (χ4v) is 2.52. The number of rotatable bonds is 3. The lowest BCUT2D eigenvalue weighted by molar-refractivity contribution is 0.596. The van der Waals surface area contributed by atoms with Crippen LogP contribution in [-0.2, 0) is 15.7 Å². The van der Waals surface area contributed by atoms with Crippen LogP contribution in [0.4, 0.5) is 0 Å². The summed E-state index contributed by atoms with van der Waals surface area (Å²) in [5.74, 6) is 0.344. The molecule has 0 aliphatic heterocycles. The SMILES string of the molecule is CCS(=O)(=O)c1ccccc1CCl. The topological polar surface area (TPSA) is 34.1 Å². The molecule has 4 heteroatoms. The molecule has 2 nitrogen and oxygen atoms in total. The maximum Gasteiger partial charge on any atom is 0.178 e. The highest BCUT2D eigenvalue weighted by molar-refractivity contribution is 7.91. The summed E-state index contributed by atoms with van der Waals surface area (Å²) in [6.07, 6.45) is 0. The first-order valence-corrected chi connectivity index (χ1v) is 6.17. The van der Waals surface area contributed by atoms with Crippen LogP contribution in [-0.4, -0.2) is 14.2 Å². The quantitative estimate of drug-likeness (QED) is 0.730. The number of hydrogen-bond acceptors (Lipinski definition) is 2. The van der Waals surface area contributed by atoms with Crippen molar-refractivity contribution in [2.45, 2.75) is 17.7 Å². The highest BCUT2D eigenvalue weighted by Crippen LogP contribution is 2.18. The van der Waals surface area contributed by atoms with Gasteiger partial charge in [-0.3, -0.25) is 0 Å². The zero-order valence-electron chi connectivity index (χ0n) is 7.33. The summed E-state index contributed by atoms with van der Waals surface area (Å²) < 4.78 is 23.0. The van der Waals surface area contributed by atoms with Crippen LogP contribution >= 0.6 is 11.6 Å². The first-order chi connectivity index (χ1) is 6.11. The Morgan fingerprint density at radius 1 is 1.31 bits per heavy atom. The number of benzene rings is 1. The Kier molecular flexibility index (Phi) is 3.33. The molecule has 1 aromatic rings. The molecule has 13 heavy (non-hydrogen) atoms. The third kappa shape index (κ3) is 2.23. The highest BCUT2D eigenvalue weighted by Gasteiger charge is 2.14. The van der Waals surface area contributed by atoms with Gasteiger partial charge < -0.3 is 0 Å². The lowest BCUT2D eigenvalue weighted by Gasteiger charge is -2.05. The second-order valence-corrected chi connectivity index (χ2v) is 5.16. The van der Waals surface area contributed by atoms with E-state index in [0.717, 1.165) is 0 Å².